The highest BCUT2D eigenvalue weighted by atomic mass is 16.2. The van der Waals surface area contributed by atoms with Gasteiger partial charge in [-0.2, -0.15) is 0 Å². The minimum absolute atomic E-state index is 0.0378. The van der Waals surface area contributed by atoms with E-state index in [-0.39, 0.29) is 17.4 Å². The summed E-state index contributed by atoms with van der Waals surface area (Å²) in [6.45, 7) is 4.70. The summed E-state index contributed by atoms with van der Waals surface area (Å²) in [5, 5.41) is 3.01. The highest BCUT2D eigenvalue weighted by Crippen LogP contribution is 2.46. The Morgan fingerprint density at radius 3 is 2.47 bits per heavy atom. The van der Waals surface area contributed by atoms with Crippen LogP contribution in [-0.2, 0) is 9.59 Å². The summed E-state index contributed by atoms with van der Waals surface area (Å²) < 4.78 is 0. The van der Waals surface area contributed by atoms with Crippen LogP contribution in [0.2, 0.25) is 0 Å². The van der Waals surface area contributed by atoms with Crippen LogP contribution in [0.15, 0.2) is 0 Å². The Kier molecular flexibility index (Phi) is 2.88. The normalized spacial score (nSPS) is 34.5. The van der Waals surface area contributed by atoms with Crippen molar-refractivity contribution in [1.29, 1.82) is 0 Å². The van der Waals surface area contributed by atoms with Gasteiger partial charge in [0.15, 0.2) is 0 Å². The molecule has 2 aliphatic carbocycles. The summed E-state index contributed by atoms with van der Waals surface area (Å²) >= 11 is 0. The third-order valence-electron chi connectivity index (χ3n) is 5.56. The zero-order valence-electron chi connectivity index (χ0n) is 12.0. The molecular formula is C15H24N2O2. The molecule has 0 aromatic heterocycles. The average molecular weight is 264 g/mol. The topological polar surface area (TPSA) is 49.4 Å². The van der Waals surface area contributed by atoms with Gasteiger partial charge in [0.25, 0.3) is 0 Å². The van der Waals surface area contributed by atoms with Crippen molar-refractivity contribution in [2.75, 3.05) is 6.54 Å². The van der Waals surface area contributed by atoms with Crippen molar-refractivity contribution in [3.05, 3.63) is 0 Å². The molecule has 0 spiro atoms. The van der Waals surface area contributed by atoms with Crippen LogP contribution in [0.1, 0.15) is 58.8 Å². The Hall–Kier alpha value is -1.06. The predicted molar refractivity (Wildman–Crippen MR) is 72.5 cm³/mol. The van der Waals surface area contributed by atoms with Gasteiger partial charge in [-0.25, -0.2) is 0 Å². The molecule has 0 bridgehead atoms. The van der Waals surface area contributed by atoms with Gasteiger partial charge in [-0.15, -0.1) is 0 Å². The molecule has 4 nitrogen and oxygen atoms in total. The zero-order chi connectivity index (χ0) is 13.7. The molecule has 1 heterocycles. The molecule has 1 N–H and O–H groups in total. The second-order valence-electron chi connectivity index (χ2n) is 6.66. The Morgan fingerprint density at radius 1 is 1.32 bits per heavy atom. The van der Waals surface area contributed by atoms with E-state index in [4.69, 9.17) is 0 Å². The molecule has 1 unspecified atom stereocenters. The lowest BCUT2D eigenvalue weighted by molar-refractivity contribution is -0.148. The maximum Gasteiger partial charge on any atom is 0.248 e. The average Bonchev–Trinajstić information content (AvgIpc) is 3.14. The SMILES string of the molecule is CCC1(N2CCC(=O)NC(C)(C3CC3)C2=O)CCC1. The summed E-state index contributed by atoms with van der Waals surface area (Å²) in [6.07, 6.45) is 7.00. The molecule has 0 aromatic carbocycles. The Bertz CT molecular complexity index is 407. The molecule has 4 heteroatoms. The molecule has 1 aliphatic heterocycles. The minimum Gasteiger partial charge on any atom is -0.342 e. The quantitative estimate of drug-likeness (QED) is 0.845. The molecular weight excluding hydrogens is 240 g/mol. The highest BCUT2D eigenvalue weighted by molar-refractivity contribution is 5.94. The van der Waals surface area contributed by atoms with Gasteiger partial charge >= 0.3 is 0 Å². The maximum atomic E-state index is 13.0. The first-order valence-electron chi connectivity index (χ1n) is 7.65. The lowest BCUT2D eigenvalue weighted by Gasteiger charge is -2.51. The summed E-state index contributed by atoms with van der Waals surface area (Å²) in [6, 6.07) is 0. The molecule has 2 amide bonds. The van der Waals surface area contributed by atoms with Crippen molar-refractivity contribution in [3.8, 4) is 0 Å². The second kappa shape index (κ2) is 4.22. The van der Waals surface area contributed by atoms with Crippen molar-refractivity contribution >= 4 is 11.8 Å². The molecule has 0 aromatic rings. The van der Waals surface area contributed by atoms with E-state index < -0.39 is 5.54 Å². The van der Waals surface area contributed by atoms with E-state index in [2.05, 4.69) is 12.2 Å². The smallest absolute Gasteiger partial charge is 0.248 e. The largest absolute Gasteiger partial charge is 0.342 e. The van der Waals surface area contributed by atoms with Gasteiger partial charge < -0.3 is 10.2 Å². The van der Waals surface area contributed by atoms with Gasteiger partial charge in [-0.05, 0) is 51.4 Å². The lowest BCUT2D eigenvalue weighted by atomic mass is 9.72. The van der Waals surface area contributed by atoms with E-state index in [1.807, 2.05) is 11.8 Å². The predicted octanol–water partition coefficient (Wildman–Crippen LogP) is 1.84. The Labute approximate surface area is 114 Å². The van der Waals surface area contributed by atoms with Crippen LogP contribution in [-0.4, -0.2) is 34.3 Å². The van der Waals surface area contributed by atoms with Crippen LogP contribution in [0.4, 0.5) is 0 Å². The fourth-order valence-electron chi connectivity index (χ4n) is 3.79. The summed E-state index contributed by atoms with van der Waals surface area (Å²) in [5.41, 5.74) is -0.606. The lowest BCUT2D eigenvalue weighted by Crippen LogP contribution is -2.63. The number of nitrogens with one attached hydrogen (secondary N) is 1. The van der Waals surface area contributed by atoms with Gasteiger partial charge in [-0.1, -0.05) is 6.92 Å². The first kappa shape index (κ1) is 12.9. The van der Waals surface area contributed by atoms with E-state index in [9.17, 15) is 9.59 Å². The second-order valence-corrected chi connectivity index (χ2v) is 6.66. The highest BCUT2D eigenvalue weighted by Gasteiger charge is 2.55. The van der Waals surface area contributed by atoms with Crippen LogP contribution >= 0.6 is 0 Å². The van der Waals surface area contributed by atoms with E-state index in [0.29, 0.717) is 18.9 Å². The van der Waals surface area contributed by atoms with E-state index in [0.717, 1.165) is 32.1 Å². The molecule has 3 fully saturated rings. The van der Waals surface area contributed by atoms with E-state index >= 15 is 0 Å². The van der Waals surface area contributed by atoms with Gasteiger partial charge in [0.05, 0.1) is 0 Å². The molecule has 3 rings (SSSR count). The first-order valence-corrected chi connectivity index (χ1v) is 7.65. The molecule has 2 saturated carbocycles. The monoisotopic (exact) mass is 264 g/mol. The molecule has 3 aliphatic rings. The molecule has 1 saturated heterocycles. The van der Waals surface area contributed by atoms with Crippen molar-refractivity contribution in [2.45, 2.75) is 69.9 Å². The van der Waals surface area contributed by atoms with Gasteiger partial charge in [-0.3, -0.25) is 9.59 Å². The van der Waals surface area contributed by atoms with Crippen molar-refractivity contribution in [3.63, 3.8) is 0 Å². The number of amides is 2. The number of nitrogens with zero attached hydrogens (tertiary/aromatic N) is 1. The molecule has 106 valence electrons. The number of carbonyl (C=O) groups is 2. The third kappa shape index (κ3) is 1.87. The Balaban J connectivity index is 1.91. The number of hydrogen-bond acceptors (Lipinski definition) is 2. The van der Waals surface area contributed by atoms with Crippen LogP contribution < -0.4 is 5.32 Å². The van der Waals surface area contributed by atoms with Crippen molar-refractivity contribution in [1.82, 2.24) is 10.2 Å². The van der Waals surface area contributed by atoms with Crippen molar-refractivity contribution in [2.24, 2.45) is 5.92 Å². The van der Waals surface area contributed by atoms with Crippen molar-refractivity contribution < 1.29 is 9.59 Å². The van der Waals surface area contributed by atoms with Gasteiger partial charge in [0, 0.05) is 18.5 Å². The Morgan fingerprint density at radius 2 is 2.00 bits per heavy atom. The van der Waals surface area contributed by atoms with Crippen LogP contribution in [0.5, 0.6) is 0 Å². The number of hydrogen-bond donors (Lipinski definition) is 1. The fraction of sp³-hybridized carbons (Fsp3) is 0.867. The van der Waals surface area contributed by atoms with Crippen LogP contribution in [0.3, 0.4) is 0 Å². The van der Waals surface area contributed by atoms with Crippen LogP contribution in [0.25, 0.3) is 0 Å². The van der Waals surface area contributed by atoms with Crippen LogP contribution in [0, 0.1) is 5.92 Å². The fourth-order valence-corrected chi connectivity index (χ4v) is 3.79. The summed E-state index contributed by atoms with van der Waals surface area (Å²) in [5.74, 6) is 0.553. The first-order chi connectivity index (χ1) is 9.02. The summed E-state index contributed by atoms with van der Waals surface area (Å²) in [4.78, 5) is 27.0. The molecule has 19 heavy (non-hydrogen) atoms. The molecule has 1 atom stereocenters. The summed E-state index contributed by atoms with van der Waals surface area (Å²) in [7, 11) is 0. The van der Waals surface area contributed by atoms with Gasteiger partial charge in [0.1, 0.15) is 5.54 Å². The maximum absolute atomic E-state index is 13.0. The molecule has 0 radical (unpaired) electrons. The third-order valence-corrected chi connectivity index (χ3v) is 5.56. The van der Waals surface area contributed by atoms with Gasteiger partial charge in [0.2, 0.25) is 11.8 Å². The van der Waals surface area contributed by atoms with E-state index in [1.54, 1.807) is 0 Å². The minimum atomic E-state index is -0.647. The number of carbonyl (C=O) groups excluding carboxylic acids is 2. The standard InChI is InChI=1S/C15H24N2O2/c1-3-15(8-4-9-15)17-10-7-12(18)16-14(2,13(17)19)11-5-6-11/h11H,3-10H2,1-2H3,(H,16,18). The van der Waals surface area contributed by atoms with E-state index in [1.165, 1.54) is 6.42 Å². The zero-order valence-corrected chi connectivity index (χ0v) is 12.0. The number of rotatable bonds is 3.